The summed E-state index contributed by atoms with van der Waals surface area (Å²) >= 11 is 0. The normalized spacial score (nSPS) is 14.2. The fourth-order valence-corrected chi connectivity index (χ4v) is 2.05. The van der Waals surface area contributed by atoms with E-state index in [0.29, 0.717) is 11.7 Å². The molecule has 2 heterocycles. The number of imidazole rings is 1. The highest BCUT2D eigenvalue weighted by molar-refractivity contribution is 5.47. The Balaban J connectivity index is 1.54. The lowest BCUT2D eigenvalue weighted by atomic mass is 10.3. The highest BCUT2D eigenvalue weighted by Gasteiger charge is 2.27. The molecule has 1 aliphatic carbocycles. The first-order chi connectivity index (χ1) is 9.85. The van der Waals surface area contributed by atoms with Gasteiger partial charge in [0.15, 0.2) is 0 Å². The number of aromatic nitrogens is 4. The number of aryl methyl sites for hydroxylation is 1. The largest absolute Gasteiger partial charge is 0.370 e. The zero-order chi connectivity index (χ0) is 13.8. The van der Waals surface area contributed by atoms with E-state index in [1.54, 1.807) is 6.20 Å². The van der Waals surface area contributed by atoms with Gasteiger partial charge >= 0.3 is 0 Å². The first kappa shape index (κ1) is 12.9. The summed E-state index contributed by atoms with van der Waals surface area (Å²) in [5.74, 6) is 8.34. The topological polar surface area (TPSA) is 93.7 Å². The van der Waals surface area contributed by atoms with E-state index in [1.165, 1.54) is 12.8 Å². The summed E-state index contributed by atoms with van der Waals surface area (Å²) < 4.78 is 2.06. The van der Waals surface area contributed by atoms with Crippen LogP contribution in [0, 0.1) is 0 Å². The van der Waals surface area contributed by atoms with Crippen molar-refractivity contribution in [3.05, 3.63) is 30.6 Å². The van der Waals surface area contributed by atoms with Gasteiger partial charge in [-0.25, -0.2) is 20.8 Å². The van der Waals surface area contributed by atoms with Crippen molar-refractivity contribution in [3.8, 4) is 0 Å². The molecule has 2 aromatic rings. The molecule has 0 atom stereocenters. The molecule has 4 N–H and O–H groups in total. The predicted octanol–water partition coefficient (Wildman–Crippen LogP) is 1.34. The number of anilines is 2. The third-order valence-corrected chi connectivity index (χ3v) is 3.29. The van der Waals surface area contributed by atoms with E-state index < -0.39 is 0 Å². The molecular weight excluding hydrogens is 254 g/mol. The third-order valence-electron chi connectivity index (χ3n) is 3.29. The summed E-state index contributed by atoms with van der Waals surface area (Å²) in [4.78, 5) is 12.9. The van der Waals surface area contributed by atoms with E-state index in [9.17, 15) is 0 Å². The Bertz CT molecular complexity index is 548. The number of nitrogen functional groups attached to an aromatic ring is 1. The number of nitrogens with one attached hydrogen (secondary N) is 2. The van der Waals surface area contributed by atoms with Gasteiger partial charge in [0.25, 0.3) is 0 Å². The smallest absolute Gasteiger partial charge is 0.145 e. The Morgan fingerprint density at radius 2 is 2.15 bits per heavy atom. The maximum absolute atomic E-state index is 5.45. The molecule has 20 heavy (non-hydrogen) atoms. The number of nitrogens with zero attached hydrogens (tertiary/aromatic N) is 4. The van der Waals surface area contributed by atoms with Crippen molar-refractivity contribution < 1.29 is 0 Å². The summed E-state index contributed by atoms with van der Waals surface area (Å²) in [5.41, 5.74) is 2.60. The molecule has 0 amide bonds. The van der Waals surface area contributed by atoms with Crippen LogP contribution in [0.4, 0.5) is 11.6 Å². The molecule has 1 saturated carbocycles. The molecule has 3 rings (SSSR count). The van der Waals surface area contributed by atoms with Crippen molar-refractivity contribution >= 4 is 11.6 Å². The Kier molecular flexibility index (Phi) is 3.78. The van der Waals surface area contributed by atoms with Gasteiger partial charge < -0.3 is 15.3 Å². The Hall–Kier alpha value is -2.15. The van der Waals surface area contributed by atoms with Gasteiger partial charge in [-0.05, 0) is 19.3 Å². The van der Waals surface area contributed by atoms with E-state index in [4.69, 9.17) is 5.84 Å². The summed E-state index contributed by atoms with van der Waals surface area (Å²) in [7, 11) is 0. The molecule has 0 radical (unpaired) electrons. The fraction of sp³-hybridized carbons (Fsp3) is 0.462. The minimum absolute atomic E-state index is 0.509. The van der Waals surface area contributed by atoms with Gasteiger partial charge in [-0.3, -0.25) is 0 Å². The van der Waals surface area contributed by atoms with Crippen molar-refractivity contribution in [2.75, 3.05) is 17.3 Å². The SMILES string of the molecule is NNc1cc(NCCCn2ccnc2)nc(C2CC2)n1. The molecule has 0 aromatic carbocycles. The van der Waals surface area contributed by atoms with Crippen LogP contribution in [-0.2, 0) is 6.54 Å². The van der Waals surface area contributed by atoms with Crippen molar-refractivity contribution in [2.24, 2.45) is 5.84 Å². The average molecular weight is 273 g/mol. The molecule has 1 aliphatic rings. The number of hydrogen-bond donors (Lipinski definition) is 3. The number of nitrogens with two attached hydrogens (primary N) is 1. The number of hydrazine groups is 1. The van der Waals surface area contributed by atoms with Gasteiger partial charge in [0.05, 0.1) is 6.33 Å². The first-order valence-corrected chi connectivity index (χ1v) is 6.90. The van der Waals surface area contributed by atoms with Crippen molar-refractivity contribution in [3.63, 3.8) is 0 Å². The summed E-state index contributed by atoms with van der Waals surface area (Å²) in [5, 5.41) is 3.32. The van der Waals surface area contributed by atoms with E-state index in [-0.39, 0.29) is 0 Å². The molecule has 7 nitrogen and oxygen atoms in total. The maximum Gasteiger partial charge on any atom is 0.145 e. The van der Waals surface area contributed by atoms with Crippen LogP contribution in [0.5, 0.6) is 0 Å². The second-order valence-electron chi connectivity index (χ2n) is 5.00. The summed E-state index contributed by atoms with van der Waals surface area (Å²) in [6.07, 6.45) is 8.93. The second kappa shape index (κ2) is 5.87. The van der Waals surface area contributed by atoms with Gasteiger partial charge in [-0.2, -0.15) is 0 Å². The molecule has 0 spiro atoms. The van der Waals surface area contributed by atoms with E-state index in [1.807, 2.05) is 18.6 Å². The van der Waals surface area contributed by atoms with E-state index in [0.717, 1.165) is 31.2 Å². The fourth-order valence-electron chi connectivity index (χ4n) is 2.05. The molecule has 0 saturated heterocycles. The molecule has 1 fully saturated rings. The van der Waals surface area contributed by atoms with Gasteiger partial charge in [0, 0.05) is 37.5 Å². The van der Waals surface area contributed by atoms with Crippen LogP contribution in [0.1, 0.15) is 31.0 Å². The Morgan fingerprint density at radius 3 is 2.85 bits per heavy atom. The lowest BCUT2D eigenvalue weighted by Gasteiger charge is -2.09. The van der Waals surface area contributed by atoms with E-state index in [2.05, 4.69) is 30.3 Å². The molecule has 2 aromatic heterocycles. The molecule has 0 unspecified atom stereocenters. The number of hydrogen-bond acceptors (Lipinski definition) is 6. The molecule has 106 valence electrons. The van der Waals surface area contributed by atoms with E-state index >= 15 is 0 Å². The Morgan fingerprint density at radius 1 is 1.30 bits per heavy atom. The van der Waals surface area contributed by atoms with Gasteiger partial charge in [0.2, 0.25) is 0 Å². The summed E-state index contributed by atoms with van der Waals surface area (Å²) in [6.45, 7) is 1.79. The highest BCUT2D eigenvalue weighted by Crippen LogP contribution is 2.38. The van der Waals surface area contributed by atoms with Crippen LogP contribution in [-0.4, -0.2) is 26.1 Å². The van der Waals surface area contributed by atoms with Crippen molar-refractivity contribution in [1.82, 2.24) is 19.5 Å². The minimum Gasteiger partial charge on any atom is -0.370 e. The van der Waals surface area contributed by atoms with Gasteiger partial charge in [-0.1, -0.05) is 0 Å². The molecule has 0 aliphatic heterocycles. The zero-order valence-electron chi connectivity index (χ0n) is 11.3. The predicted molar refractivity (Wildman–Crippen MR) is 77.2 cm³/mol. The quantitative estimate of drug-likeness (QED) is 0.400. The lowest BCUT2D eigenvalue weighted by Crippen LogP contribution is -2.13. The highest BCUT2D eigenvalue weighted by atomic mass is 15.3. The molecule has 7 heteroatoms. The van der Waals surface area contributed by atoms with Crippen LogP contribution < -0.4 is 16.6 Å². The van der Waals surface area contributed by atoms with Crippen LogP contribution in [0.15, 0.2) is 24.8 Å². The maximum atomic E-state index is 5.45. The van der Waals surface area contributed by atoms with Crippen LogP contribution in [0.3, 0.4) is 0 Å². The average Bonchev–Trinajstić information content (AvgIpc) is 3.21. The standard InChI is InChI=1S/C13H19N7/c14-19-12-8-11(17-13(18-12)10-2-3-10)16-4-1-6-20-7-5-15-9-20/h5,7-10H,1-4,6,14H2,(H2,16,17,18,19). The van der Waals surface area contributed by atoms with Crippen LogP contribution in [0.2, 0.25) is 0 Å². The van der Waals surface area contributed by atoms with Gasteiger partial charge in [0.1, 0.15) is 17.5 Å². The Labute approximate surface area is 117 Å². The minimum atomic E-state index is 0.509. The molecular formula is C13H19N7. The lowest BCUT2D eigenvalue weighted by molar-refractivity contribution is 0.659. The van der Waals surface area contributed by atoms with Crippen LogP contribution in [0.25, 0.3) is 0 Å². The first-order valence-electron chi connectivity index (χ1n) is 6.90. The van der Waals surface area contributed by atoms with Crippen molar-refractivity contribution in [1.29, 1.82) is 0 Å². The van der Waals surface area contributed by atoms with Crippen molar-refractivity contribution in [2.45, 2.75) is 31.7 Å². The van der Waals surface area contributed by atoms with Gasteiger partial charge in [-0.15, -0.1) is 0 Å². The molecule has 0 bridgehead atoms. The monoisotopic (exact) mass is 273 g/mol. The zero-order valence-corrected chi connectivity index (χ0v) is 11.3. The third kappa shape index (κ3) is 3.24. The summed E-state index contributed by atoms with van der Waals surface area (Å²) in [6, 6.07) is 1.84. The second-order valence-corrected chi connectivity index (χ2v) is 5.00. The van der Waals surface area contributed by atoms with Crippen LogP contribution >= 0.6 is 0 Å². The number of rotatable bonds is 7.